The van der Waals surface area contributed by atoms with E-state index in [9.17, 15) is 9.90 Å². The van der Waals surface area contributed by atoms with Crippen LogP contribution in [0.3, 0.4) is 0 Å². The van der Waals surface area contributed by atoms with Crippen LogP contribution < -0.4 is 0 Å². The molecule has 4 nitrogen and oxygen atoms in total. The molecule has 1 atom stereocenters. The molecule has 0 spiro atoms. The van der Waals surface area contributed by atoms with Gasteiger partial charge in [0.2, 0.25) is 0 Å². The number of rotatable bonds is 2. The molecule has 0 saturated carbocycles. The Morgan fingerprint density at radius 2 is 2.11 bits per heavy atom. The number of aliphatic hydroxyl groups is 1. The third-order valence-electron chi connectivity index (χ3n) is 3.79. The van der Waals surface area contributed by atoms with Gasteiger partial charge in [-0.2, -0.15) is 0 Å². The lowest BCUT2D eigenvalue weighted by molar-refractivity contribution is 0.0520. The van der Waals surface area contributed by atoms with Crippen LogP contribution in [0.4, 0.5) is 0 Å². The maximum atomic E-state index is 12.4. The van der Waals surface area contributed by atoms with Gasteiger partial charge in [0.05, 0.1) is 17.4 Å². The summed E-state index contributed by atoms with van der Waals surface area (Å²) in [6.07, 6.45) is 1.41. The van der Waals surface area contributed by atoms with E-state index in [2.05, 4.69) is 4.98 Å². The molecule has 1 fully saturated rings. The van der Waals surface area contributed by atoms with Crippen LogP contribution in [-0.4, -0.2) is 40.1 Å². The second-order valence-corrected chi connectivity index (χ2v) is 5.52. The lowest BCUT2D eigenvalue weighted by Crippen LogP contribution is -2.41. The van der Waals surface area contributed by atoms with Gasteiger partial charge in [0.1, 0.15) is 5.15 Å². The van der Waals surface area contributed by atoms with Crippen LogP contribution in [-0.2, 0) is 0 Å². The van der Waals surface area contributed by atoms with Crippen LogP contribution in [0.25, 0.3) is 0 Å². The molecule has 1 aliphatic heterocycles. The zero-order valence-corrected chi connectivity index (χ0v) is 12.0. The number of hydrogen-bond donors (Lipinski definition) is 1. The summed E-state index contributed by atoms with van der Waals surface area (Å²) in [5.74, 6) is 0.305. The van der Waals surface area contributed by atoms with E-state index < -0.39 is 0 Å². The van der Waals surface area contributed by atoms with E-state index in [1.165, 1.54) is 0 Å². The third kappa shape index (κ3) is 3.25. The second kappa shape index (κ2) is 5.88. The summed E-state index contributed by atoms with van der Waals surface area (Å²) in [4.78, 5) is 18.3. The van der Waals surface area contributed by atoms with Crippen molar-refractivity contribution in [2.45, 2.75) is 32.8 Å². The average Bonchev–Trinajstić information content (AvgIpc) is 2.38. The molecule has 0 aromatic carbocycles. The molecule has 1 saturated heterocycles. The van der Waals surface area contributed by atoms with Gasteiger partial charge in [-0.25, -0.2) is 4.98 Å². The first-order valence-corrected chi connectivity index (χ1v) is 6.97. The number of aromatic nitrogens is 1. The first-order chi connectivity index (χ1) is 8.99. The largest absolute Gasteiger partial charge is 0.393 e. The number of amides is 1. The molecule has 0 bridgehead atoms. The molecule has 19 heavy (non-hydrogen) atoms. The van der Waals surface area contributed by atoms with E-state index in [0.717, 1.165) is 12.8 Å². The van der Waals surface area contributed by atoms with E-state index in [-0.39, 0.29) is 12.0 Å². The van der Waals surface area contributed by atoms with E-state index >= 15 is 0 Å². The van der Waals surface area contributed by atoms with Crippen LogP contribution in [0.1, 0.15) is 35.8 Å². The van der Waals surface area contributed by atoms with Crippen molar-refractivity contribution in [3.05, 3.63) is 28.5 Å². The maximum absolute atomic E-state index is 12.4. The van der Waals surface area contributed by atoms with E-state index in [4.69, 9.17) is 11.6 Å². The van der Waals surface area contributed by atoms with Crippen molar-refractivity contribution in [2.24, 2.45) is 5.92 Å². The molecular formula is C14H19ClN2O2. The molecule has 1 amide bonds. The van der Waals surface area contributed by atoms with Gasteiger partial charge in [-0.15, -0.1) is 0 Å². The van der Waals surface area contributed by atoms with Crippen LogP contribution in [0.5, 0.6) is 0 Å². The van der Waals surface area contributed by atoms with E-state index in [1.807, 2.05) is 11.8 Å². The predicted molar refractivity (Wildman–Crippen MR) is 74.3 cm³/mol. The van der Waals surface area contributed by atoms with Crippen LogP contribution in [0.2, 0.25) is 5.15 Å². The molecule has 1 aliphatic rings. The van der Waals surface area contributed by atoms with Gasteiger partial charge >= 0.3 is 0 Å². The molecule has 1 unspecified atom stereocenters. The van der Waals surface area contributed by atoms with Crippen molar-refractivity contribution < 1.29 is 9.90 Å². The Morgan fingerprint density at radius 3 is 2.63 bits per heavy atom. The number of aryl methyl sites for hydroxylation is 1. The third-order valence-corrected chi connectivity index (χ3v) is 4.00. The Hall–Kier alpha value is -1.13. The molecule has 5 heteroatoms. The molecule has 2 heterocycles. The quantitative estimate of drug-likeness (QED) is 0.847. The number of halogens is 1. The summed E-state index contributed by atoms with van der Waals surface area (Å²) in [7, 11) is 0. The fourth-order valence-electron chi connectivity index (χ4n) is 2.51. The van der Waals surface area contributed by atoms with Crippen molar-refractivity contribution in [3.63, 3.8) is 0 Å². The molecule has 0 radical (unpaired) electrons. The first-order valence-electron chi connectivity index (χ1n) is 6.59. The smallest absolute Gasteiger partial charge is 0.255 e. The summed E-state index contributed by atoms with van der Waals surface area (Å²) in [5.41, 5.74) is 1.27. The van der Waals surface area contributed by atoms with Crippen LogP contribution in [0, 0.1) is 12.8 Å². The minimum absolute atomic E-state index is 0.00529. The number of hydrogen-bond acceptors (Lipinski definition) is 3. The number of nitrogens with zero attached hydrogens (tertiary/aromatic N) is 2. The fraction of sp³-hybridized carbons (Fsp3) is 0.571. The van der Waals surface area contributed by atoms with Gasteiger partial charge in [-0.05, 0) is 44.7 Å². The topological polar surface area (TPSA) is 53.4 Å². The lowest BCUT2D eigenvalue weighted by Gasteiger charge is -2.33. The van der Waals surface area contributed by atoms with Crippen LogP contribution >= 0.6 is 11.6 Å². The Morgan fingerprint density at radius 1 is 1.47 bits per heavy atom. The summed E-state index contributed by atoms with van der Waals surface area (Å²) in [5, 5.41) is 9.97. The number of pyridine rings is 1. The highest BCUT2D eigenvalue weighted by molar-refractivity contribution is 6.29. The molecule has 1 aromatic rings. The van der Waals surface area contributed by atoms with Gasteiger partial charge in [0.15, 0.2) is 0 Å². The SMILES string of the molecule is Cc1nc(Cl)ccc1C(=O)N1CCC(C(C)O)CC1. The summed E-state index contributed by atoms with van der Waals surface area (Å²) >= 11 is 5.80. The highest BCUT2D eigenvalue weighted by atomic mass is 35.5. The number of aliphatic hydroxyl groups excluding tert-OH is 1. The normalized spacial score (nSPS) is 18.4. The molecule has 104 valence electrons. The highest BCUT2D eigenvalue weighted by Crippen LogP contribution is 2.22. The van der Waals surface area contributed by atoms with Gasteiger partial charge in [0.25, 0.3) is 5.91 Å². The standard InChI is InChI=1S/C14H19ClN2O2/c1-9-12(3-4-13(15)16-9)14(19)17-7-5-11(6-8-17)10(2)18/h3-4,10-11,18H,5-8H2,1-2H3. The number of carbonyl (C=O) groups excluding carboxylic acids is 1. The maximum Gasteiger partial charge on any atom is 0.255 e. The molecular weight excluding hydrogens is 264 g/mol. The Kier molecular flexibility index (Phi) is 4.42. The van der Waals surface area contributed by atoms with Crippen molar-refractivity contribution >= 4 is 17.5 Å². The highest BCUT2D eigenvalue weighted by Gasteiger charge is 2.26. The average molecular weight is 283 g/mol. The monoisotopic (exact) mass is 282 g/mol. The van der Waals surface area contributed by atoms with Crippen molar-refractivity contribution in [3.8, 4) is 0 Å². The predicted octanol–water partition coefficient (Wildman–Crippen LogP) is 2.28. The number of likely N-dealkylation sites (tertiary alicyclic amines) is 1. The molecule has 1 aromatic heterocycles. The zero-order valence-electron chi connectivity index (χ0n) is 11.3. The van der Waals surface area contributed by atoms with Gasteiger partial charge < -0.3 is 10.0 Å². The van der Waals surface area contributed by atoms with Gasteiger partial charge in [0, 0.05) is 13.1 Å². The molecule has 2 rings (SSSR count). The summed E-state index contributed by atoms with van der Waals surface area (Å²) in [6, 6.07) is 3.37. The molecule has 0 aliphatic carbocycles. The fourth-order valence-corrected chi connectivity index (χ4v) is 2.70. The number of piperidine rings is 1. The van der Waals surface area contributed by atoms with E-state index in [1.54, 1.807) is 19.1 Å². The first kappa shape index (κ1) is 14.3. The Bertz CT molecular complexity index is 469. The van der Waals surface area contributed by atoms with Crippen LogP contribution in [0.15, 0.2) is 12.1 Å². The molecule has 1 N–H and O–H groups in total. The Balaban J connectivity index is 2.05. The number of carbonyl (C=O) groups is 1. The van der Waals surface area contributed by atoms with Crippen molar-refractivity contribution in [2.75, 3.05) is 13.1 Å². The minimum atomic E-state index is -0.295. The zero-order chi connectivity index (χ0) is 14.0. The van der Waals surface area contributed by atoms with Crippen molar-refractivity contribution in [1.29, 1.82) is 0 Å². The van der Waals surface area contributed by atoms with E-state index in [0.29, 0.717) is 35.4 Å². The minimum Gasteiger partial charge on any atom is -0.393 e. The van der Waals surface area contributed by atoms with Crippen molar-refractivity contribution in [1.82, 2.24) is 9.88 Å². The Labute approximate surface area is 118 Å². The van der Waals surface area contributed by atoms with Gasteiger partial charge in [-0.3, -0.25) is 4.79 Å². The van der Waals surface area contributed by atoms with Gasteiger partial charge in [-0.1, -0.05) is 11.6 Å². The lowest BCUT2D eigenvalue weighted by atomic mass is 9.92. The summed E-state index contributed by atoms with van der Waals surface area (Å²) < 4.78 is 0. The second-order valence-electron chi connectivity index (χ2n) is 5.14. The summed E-state index contributed by atoms with van der Waals surface area (Å²) in [6.45, 7) is 4.99.